The Labute approximate surface area is 130 Å². The Balaban J connectivity index is 1.66. The van der Waals surface area contributed by atoms with Crippen molar-refractivity contribution in [3.05, 3.63) is 49.9 Å². The van der Waals surface area contributed by atoms with Crippen LogP contribution in [0.4, 0.5) is 0 Å². The smallest absolute Gasteiger partial charge is 0.228 e. The zero-order chi connectivity index (χ0) is 14.1. The molecule has 6 heteroatoms. The molecule has 0 saturated carbocycles. The van der Waals surface area contributed by atoms with Gasteiger partial charge < -0.3 is 5.32 Å². The zero-order valence-electron chi connectivity index (χ0n) is 10.5. The molecule has 1 N–H and O–H groups in total. The van der Waals surface area contributed by atoms with E-state index in [9.17, 15) is 4.79 Å². The Bertz CT molecular complexity index is 656. The molecule has 0 fully saturated rings. The van der Waals surface area contributed by atoms with Crippen LogP contribution in [0.5, 0.6) is 0 Å². The fourth-order valence-electron chi connectivity index (χ4n) is 2.38. The number of hydrogen-bond donors (Lipinski definition) is 1. The van der Waals surface area contributed by atoms with Crippen molar-refractivity contribution in [1.29, 1.82) is 0 Å². The summed E-state index contributed by atoms with van der Waals surface area (Å²) in [5, 5.41) is 4.11. The summed E-state index contributed by atoms with van der Waals surface area (Å²) in [6.07, 6.45) is 1.73. The van der Waals surface area contributed by atoms with Crippen LogP contribution in [0.2, 0.25) is 10.0 Å². The van der Waals surface area contributed by atoms with Crippen molar-refractivity contribution >= 4 is 40.4 Å². The van der Waals surface area contributed by atoms with Crippen LogP contribution in [0, 0.1) is 0 Å². The largest absolute Gasteiger partial charge is 0.351 e. The van der Waals surface area contributed by atoms with Crippen LogP contribution < -0.4 is 5.32 Å². The van der Waals surface area contributed by atoms with Crippen LogP contribution in [0.3, 0.4) is 0 Å². The number of aryl methyl sites for hydroxylation is 1. The summed E-state index contributed by atoms with van der Waals surface area (Å²) in [5.74, 6) is -0.0254. The van der Waals surface area contributed by atoms with Gasteiger partial charge in [-0.1, -0.05) is 29.3 Å². The topological polar surface area (TPSA) is 42.0 Å². The number of carbonyl (C=O) groups excluding carboxylic acids is 1. The maximum absolute atomic E-state index is 12.3. The Morgan fingerprint density at radius 3 is 3.10 bits per heavy atom. The van der Waals surface area contributed by atoms with Gasteiger partial charge in [0.2, 0.25) is 5.91 Å². The van der Waals surface area contributed by atoms with Crippen molar-refractivity contribution in [2.75, 3.05) is 0 Å². The normalized spacial score (nSPS) is 17.0. The van der Waals surface area contributed by atoms with Crippen LogP contribution in [-0.2, 0) is 17.8 Å². The van der Waals surface area contributed by atoms with Gasteiger partial charge >= 0.3 is 0 Å². The van der Waals surface area contributed by atoms with Gasteiger partial charge in [0, 0.05) is 21.5 Å². The number of rotatable bonds is 3. The maximum atomic E-state index is 12.3. The number of nitrogens with zero attached hydrogens (tertiary/aromatic N) is 1. The Morgan fingerprint density at radius 1 is 1.45 bits per heavy atom. The Hall–Kier alpha value is -1.10. The number of hydrogen-bond acceptors (Lipinski definition) is 3. The van der Waals surface area contributed by atoms with E-state index in [0.717, 1.165) is 29.0 Å². The van der Waals surface area contributed by atoms with E-state index in [4.69, 9.17) is 23.2 Å². The van der Waals surface area contributed by atoms with Gasteiger partial charge in [0.15, 0.2) is 0 Å². The summed E-state index contributed by atoms with van der Waals surface area (Å²) in [6, 6.07) is 5.28. The second-order valence-corrected chi connectivity index (χ2v) is 6.44. The third kappa shape index (κ3) is 2.68. The molecule has 0 saturated heterocycles. The van der Waals surface area contributed by atoms with Crippen LogP contribution in [0.25, 0.3) is 0 Å². The minimum Gasteiger partial charge on any atom is -0.351 e. The van der Waals surface area contributed by atoms with Gasteiger partial charge in [-0.2, -0.15) is 0 Å². The predicted molar refractivity (Wildman–Crippen MR) is 81.5 cm³/mol. The molecule has 1 aromatic heterocycles. The highest BCUT2D eigenvalue weighted by molar-refractivity contribution is 7.10. The van der Waals surface area contributed by atoms with Crippen molar-refractivity contribution in [2.24, 2.45) is 0 Å². The molecule has 20 heavy (non-hydrogen) atoms. The Morgan fingerprint density at radius 2 is 2.30 bits per heavy atom. The van der Waals surface area contributed by atoms with Crippen molar-refractivity contribution in [3.8, 4) is 0 Å². The van der Waals surface area contributed by atoms with E-state index in [-0.39, 0.29) is 11.8 Å². The molecule has 3 nitrogen and oxygen atoms in total. The quantitative estimate of drug-likeness (QED) is 0.932. The maximum Gasteiger partial charge on any atom is 0.228 e. The summed E-state index contributed by atoms with van der Waals surface area (Å²) in [4.78, 5) is 17.6. The number of thiazole rings is 1. The van der Waals surface area contributed by atoms with Crippen LogP contribution in [-0.4, -0.2) is 10.9 Å². The highest BCUT2D eigenvalue weighted by atomic mass is 35.5. The first-order valence-corrected chi connectivity index (χ1v) is 7.92. The predicted octanol–water partition coefficient (Wildman–Crippen LogP) is 3.80. The molecule has 1 heterocycles. The first-order valence-electron chi connectivity index (χ1n) is 6.29. The minimum atomic E-state index is -0.0661. The second-order valence-electron chi connectivity index (χ2n) is 4.71. The lowest BCUT2D eigenvalue weighted by Gasteiger charge is -2.11. The number of amides is 1. The molecule has 1 aromatic carbocycles. The number of carbonyl (C=O) groups is 1. The molecule has 104 valence electrons. The molecule has 1 aliphatic carbocycles. The minimum absolute atomic E-state index is 0.0408. The van der Waals surface area contributed by atoms with Gasteiger partial charge in [0.1, 0.15) is 0 Å². The first kappa shape index (κ1) is 13.9. The molecule has 1 unspecified atom stereocenters. The van der Waals surface area contributed by atoms with Gasteiger partial charge in [0.05, 0.1) is 17.1 Å². The Kier molecular flexibility index (Phi) is 3.96. The molecule has 1 aliphatic rings. The molecule has 0 spiro atoms. The summed E-state index contributed by atoms with van der Waals surface area (Å²) in [6.45, 7) is 0.416. The molecule has 2 aromatic rings. The van der Waals surface area contributed by atoms with Gasteiger partial charge in [-0.3, -0.25) is 4.79 Å². The van der Waals surface area contributed by atoms with Gasteiger partial charge in [-0.15, -0.1) is 11.3 Å². The molecule has 0 bridgehead atoms. The van der Waals surface area contributed by atoms with E-state index in [1.807, 2.05) is 6.07 Å². The third-order valence-electron chi connectivity index (χ3n) is 3.44. The summed E-state index contributed by atoms with van der Waals surface area (Å²) in [5.41, 5.74) is 3.74. The molecule has 1 amide bonds. The number of benzene rings is 1. The van der Waals surface area contributed by atoms with Gasteiger partial charge in [-0.05, 0) is 30.5 Å². The van der Waals surface area contributed by atoms with Crippen molar-refractivity contribution in [3.63, 3.8) is 0 Å². The third-order valence-corrected chi connectivity index (χ3v) is 5.02. The summed E-state index contributed by atoms with van der Waals surface area (Å²) in [7, 11) is 0. The summed E-state index contributed by atoms with van der Waals surface area (Å²) >= 11 is 13.5. The van der Waals surface area contributed by atoms with E-state index < -0.39 is 0 Å². The highest BCUT2D eigenvalue weighted by Crippen LogP contribution is 2.35. The van der Waals surface area contributed by atoms with Crippen molar-refractivity contribution in [2.45, 2.75) is 25.3 Å². The van der Waals surface area contributed by atoms with E-state index in [1.165, 1.54) is 0 Å². The molecule has 3 rings (SSSR count). The number of fused-ring (bicyclic) bond motifs is 1. The zero-order valence-corrected chi connectivity index (χ0v) is 12.9. The van der Waals surface area contributed by atoms with Crippen LogP contribution in [0.15, 0.2) is 23.7 Å². The second kappa shape index (κ2) is 5.72. The van der Waals surface area contributed by atoms with Crippen LogP contribution >= 0.6 is 34.5 Å². The lowest BCUT2D eigenvalue weighted by atomic mass is 10.1. The summed E-state index contributed by atoms with van der Waals surface area (Å²) < 4.78 is 0. The highest BCUT2D eigenvalue weighted by Gasteiger charge is 2.30. The lowest BCUT2D eigenvalue weighted by Crippen LogP contribution is -2.27. The molecular weight excluding hydrogens is 315 g/mol. The van der Waals surface area contributed by atoms with Crippen molar-refractivity contribution < 1.29 is 4.79 Å². The van der Waals surface area contributed by atoms with Crippen LogP contribution in [0.1, 0.15) is 28.5 Å². The monoisotopic (exact) mass is 326 g/mol. The molecule has 0 radical (unpaired) electrons. The SMILES string of the molecule is O=C(NCc1ccc(Cl)cc1Cl)C1CCc2ncsc21. The molecule has 1 atom stereocenters. The van der Waals surface area contributed by atoms with E-state index in [1.54, 1.807) is 29.0 Å². The fraction of sp³-hybridized carbons (Fsp3) is 0.286. The average Bonchev–Trinajstić information content (AvgIpc) is 2.99. The first-order chi connectivity index (χ1) is 9.65. The molecular formula is C14H12Cl2N2OS. The van der Waals surface area contributed by atoms with E-state index in [2.05, 4.69) is 10.3 Å². The van der Waals surface area contributed by atoms with E-state index in [0.29, 0.717) is 16.6 Å². The average molecular weight is 327 g/mol. The van der Waals surface area contributed by atoms with Gasteiger partial charge in [-0.25, -0.2) is 4.98 Å². The number of nitrogens with one attached hydrogen (secondary N) is 1. The van der Waals surface area contributed by atoms with Gasteiger partial charge in [0.25, 0.3) is 0 Å². The fourth-order valence-corrected chi connectivity index (χ4v) is 3.83. The standard InChI is InChI=1S/C14H12Cl2N2OS/c15-9-2-1-8(11(16)5-9)6-17-14(19)10-3-4-12-13(10)20-7-18-12/h1-2,5,7,10H,3-4,6H2,(H,17,19). The number of halogens is 2. The number of aromatic nitrogens is 1. The lowest BCUT2D eigenvalue weighted by molar-refractivity contribution is -0.122. The molecule has 0 aliphatic heterocycles. The van der Waals surface area contributed by atoms with Crippen molar-refractivity contribution in [1.82, 2.24) is 10.3 Å². The van der Waals surface area contributed by atoms with E-state index >= 15 is 0 Å².